The zero-order valence-corrected chi connectivity index (χ0v) is 13.9. The number of rotatable bonds is 6. The summed E-state index contributed by atoms with van der Waals surface area (Å²) in [5.41, 5.74) is 3.67. The van der Waals surface area contributed by atoms with Crippen LogP contribution in [0.2, 0.25) is 0 Å². The Bertz CT molecular complexity index is 742. The van der Waals surface area contributed by atoms with Gasteiger partial charge in [0.2, 0.25) is 0 Å². The third-order valence-corrected chi connectivity index (χ3v) is 4.31. The van der Waals surface area contributed by atoms with Gasteiger partial charge in [0.1, 0.15) is 5.82 Å². The van der Waals surface area contributed by atoms with E-state index < -0.39 is 0 Å². The van der Waals surface area contributed by atoms with Crippen molar-refractivity contribution in [3.05, 3.63) is 60.2 Å². The van der Waals surface area contributed by atoms with Crippen molar-refractivity contribution in [3.63, 3.8) is 0 Å². The molecule has 0 bridgehead atoms. The lowest BCUT2D eigenvalue weighted by Gasteiger charge is -2.20. The largest absolute Gasteiger partial charge is 0.331 e. The summed E-state index contributed by atoms with van der Waals surface area (Å²) < 4.78 is 2.20. The molecular weight excluding hydrogens is 286 g/mol. The average Bonchev–Trinajstić information content (AvgIpc) is 3.23. The number of benzene rings is 1. The third-order valence-electron chi connectivity index (χ3n) is 4.31. The highest BCUT2D eigenvalue weighted by molar-refractivity contribution is 5.57. The topological polar surface area (TPSA) is 49.7 Å². The molecule has 2 heterocycles. The molecule has 0 aliphatic rings. The normalized spacial score (nSPS) is 12.7. The fraction of sp³-hybridized carbons (Fsp3) is 0.333. The number of imidazole rings is 1. The van der Waals surface area contributed by atoms with Crippen LogP contribution < -0.4 is 0 Å². The lowest BCUT2D eigenvalue weighted by molar-refractivity contribution is 0.321. The average molecular weight is 309 g/mol. The predicted molar refractivity (Wildman–Crippen MR) is 92.1 cm³/mol. The third kappa shape index (κ3) is 3.51. The van der Waals surface area contributed by atoms with Crippen molar-refractivity contribution in [3.8, 4) is 11.4 Å². The zero-order valence-electron chi connectivity index (χ0n) is 13.9. The first kappa shape index (κ1) is 15.5. The van der Waals surface area contributed by atoms with E-state index in [0.29, 0.717) is 6.04 Å². The van der Waals surface area contributed by atoms with E-state index in [-0.39, 0.29) is 0 Å². The quantitative estimate of drug-likeness (QED) is 0.761. The number of hydrogen-bond donors (Lipinski definition) is 1. The minimum absolute atomic E-state index is 0.379. The molecule has 0 saturated heterocycles. The highest BCUT2D eigenvalue weighted by Gasteiger charge is 2.11. The Kier molecular flexibility index (Phi) is 4.57. The van der Waals surface area contributed by atoms with E-state index in [2.05, 4.69) is 69.9 Å². The molecule has 0 radical (unpaired) electrons. The molecule has 3 aromatic rings. The summed E-state index contributed by atoms with van der Waals surface area (Å²) in [4.78, 5) is 6.77. The van der Waals surface area contributed by atoms with Crippen LogP contribution in [0, 0.1) is 0 Å². The van der Waals surface area contributed by atoms with Crippen LogP contribution >= 0.6 is 0 Å². The molecule has 1 N–H and O–H groups in total. The second kappa shape index (κ2) is 6.79. The van der Waals surface area contributed by atoms with Crippen LogP contribution in [0.15, 0.2) is 49.1 Å². The van der Waals surface area contributed by atoms with E-state index in [0.717, 1.165) is 24.4 Å². The number of aryl methyl sites for hydroxylation is 2. The van der Waals surface area contributed by atoms with E-state index in [1.165, 1.54) is 11.1 Å². The standard InChI is InChI=1S/C18H23N5/c1-14(22(2)3)16-5-4-6-17(11-16)18-19-8-10-23(18)9-7-15-12-20-21-13-15/h4-6,8,10-14H,7,9H2,1-3H3,(H,20,21)/t14-/m1/s1. The molecule has 1 aromatic carbocycles. The van der Waals surface area contributed by atoms with Crippen molar-refractivity contribution in [1.82, 2.24) is 24.6 Å². The fourth-order valence-corrected chi connectivity index (χ4v) is 2.65. The SMILES string of the molecule is C[C@H](c1cccc(-c2nccn2CCc2cn[nH]c2)c1)N(C)C. The van der Waals surface area contributed by atoms with E-state index >= 15 is 0 Å². The Morgan fingerprint density at radius 2 is 2.17 bits per heavy atom. The lowest BCUT2D eigenvalue weighted by atomic mass is 10.0. The van der Waals surface area contributed by atoms with E-state index in [1.54, 1.807) is 0 Å². The van der Waals surface area contributed by atoms with Gasteiger partial charge in [-0.25, -0.2) is 4.98 Å². The summed E-state index contributed by atoms with van der Waals surface area (Å²) in [5.74, 6) is 1.02. The summed E-state index contributed by atoms with van der Waals surface area (Å²) in [6, 6.07) is 9.03. The highest BCUT2D eigenvalue weighted by Crippen LogP contribution is 2.24. The molecule has 120 valence electrons. The van der Waals surface area contributed by atoms with Crippen LogP contribution in [-0.2, 0) is 13.0 Å². The second-order valence-electron chi connectivity index (χ2n) is 6.07. The van der Waals surface area contributed by atoms with Gasteiger partial charge in [-0.3, -0.25) is 5.10 Å². The van der Waals surface area contributed by atoms with Crippen LogP contribution in [0.4, 0.5) is 0 Å². The maximum atomic E-state index is 4.56. The van der Waals surface area contributed by atoms with E-state index in [1.807, 2.05) is 24.8 Å². The summed E-state index contributed by atoms with van der Waals surface area (Å²) in [6.07, 6.45) is 8.66. The number of aromatic amines is 1. The predicted octanol–water partition coefficient (Wildman–Crippen LogP) is 3.14. The molecule has 3 rings (SSSR count). The molecule has 5 heteroatoms. The molecule has 2 aromatic heterocycles. The van der Waals surface area contributed by atoms with Gasteiger partial charge in [-0.15, -0.1) is 0 Å². The minimum atomic E-state index is 0.379. The van der Waals surface area contributed by atoms with Crippen LogP contribution in [0.5, 0.6) is 0 Å². The maximum absolute atomic E-state index is 4.56. The Labute approximate surface area is 137 Å². The monoisotopic (exact) mass is 309 g/mol. The summed E-state index contributed by atoms with van der Waals surface area (Å²) in [7, 11) is 4.20. The lowest BCUT2D eigenvalue weighted by Crippen LogP contribution is -2.16. The molecule has 23 heavy (non-hydrogen) atoms. The maximum Gasteiger partial charge on any atom is 0.139 e. The molecule has 5 nitrogen and oxygen atoms in total. The number of H-pyrrole nitrogens is 1. The molecule has 0 amide bonds. The van der Waals surface area contributed by atoms with Crippen LogP contribution in [-0.4, -0.2) is 38.7 Å². The Morgan fingerprint density at radius 1 is 1.30 bits per heavy atom. The van der Waals surface area contributed by atoms with Crippen molar-refractivity contribution in [2.45, 2.75) is 25.9 Å². The summed E-state index contributed by atoms with van der Waals surface area (Å²) in [5, 5.41) is 6.85. The zero-order chi connectivity index (χ0) is 16.2. The van der Waals surface area contributed by atoms with Gasteiger partial charge < -0.3 is 9.47 Å². The number of aromatic nitrogens is 4. The first-order valence-corrected chi connectivity index (χ1v) is 7.90. The highest BCUT2D eigenvalue weighted by atomic mass is 15.1. The number of nitrogens with one attached hydrogen (secondary N) is 1. The van der Waals surface area contributed by atoms with Gasteiger partial charge in [0.05, 0.1) is 6.20 Å². The fourth-order valence-electron chi connectivity index (χ4n) is 2.65. The number of hydrogen-bond acceptors (Lipinski definition) is 3. The first-order chi connectivity index (χ1) is 11.1. The molecule has 1 atom stereocenters. The smallest absolute Gasteiger partial charge is 0.139 e. The molecule has 0 saturated carbocycles. The molecule has 0 fully saturated rings. The summed E-state index contributed by atoms with van der Waals surface area (Å²) >= 11 is 0. The van der Waals surface area contributed by atoms with Crippen molar-refractivity contribution in [1.29, 1.82) is 0 Å². The van der Waals surface area contributed by atoms with Crippen molar-refractivity contribution in [2.75, 3.05) is 14.1 Å². The van der Waals surface area contributed by atoms with Gasteiger partial charge in [0, 0.05) is 36.7 Å². The van der Waals surface area contributed by atoms with Crippen molar-refractivity contribution < 1.29 is 0 Å². The Morgan fingerprint density at radius 3 is 2.91 bits per heavy atom. The van der Waals surface area contributed by atoms with Crippen LogP contribution in [0.3, 0.4) is 0 Å². The molecular formula is C18H23N5. The van der Waals surface area contributed by atoms with Crippen molar-refractivity contribution in [2.24, 2.45) is 0 Å². The molecule has 0 aliphatic carbocycles. The summed E-state index contributed by atoms with van der Waals surface area (Å²) in [6.45, 7) is 3.10. The van der Waals surface area contributed by atoms with Gasteiger partial charge in [0.15, 0.2) is 0 Å². The van der Waals surface area contributed by atoms with Crippen molar-refractivity contribution >= 4 is 0 Å². The number of nitrogens with zero attached hydrogens (tertiary/aromatic N) is 4. The Balaban J connectivity index is 1.82. The molecule has 0 unspecified atom stereocenters. The van der Waals surface area contributed by atoms with Crippen LogP contribution in [0.1, 0.15) is 24.1 Å². The van der Waals surface area contributed by atoms with Gasteiger partial charge in [0.25, 0.3) is 0 Å². The minimum Gasteiger partial charge on any atom is -0.331 e. The van der Waals surface area contributed by atoms with E-state index in [9.17, 15) is 0 Å². The van der Waals surface area contributed by atoms with Gasteiger partial charge in [-0.05, 0) is 44.6 Å². The van der Waals surface area contributed by atoms with Gasteiger partial charge in [-0.2, -0.15) is 5.10 Å². The van der Waals surface area contributed by atoms with Gasteiger partial charge in [-0.1, -0.05) is 18.2 Å². The first-order valence-electron chi connectivity index (χ1n) is 7.90. The Hall–Kier alpha value is -2.40. The van der Waals surface area contributed by atoms with Gasteiger partial charge >= 0.3 is 0 Å². The second-order valence-corrected chi connectivity index (χ2v) is 6.07. The van der Waals surface area contributed by atoms with E-state index in [4.69, 9.17) is 0 Å². The van der Waals surface area contributed by atoms with Crippen LogP contribution in [0.25, 0.3) is 11.4 Å². The molecule has 0 aliphatic heterocycles. The molecule has 0 spiro atoms.